The van der Waals surface area contributed by atoms with Gasteiger partial charge in [0, 0.05) is 17.5 Å². The van der Waals surface area contributed by atoms with Crippen LogP contribution in [0.5, 0.6) is 0 Å². The van der Waals surface area contributed by atoms with Crippen LogP contribution in [-0.4, -0.2) is 5.78 Å². The molecule has 0 aliphatic carbocycles. The quantitative estimate of drug-likeness (QED) is 0.186. The van der Waals surface area contributed by atoms with Crippen LogP contribution < -0.4 is 0 Å². The van der Waals surface area contributed by atoms with Crippen LogP contribution in [0.15, 0.2) is 42.5 Å². The van der Waals surface area contributed by atoms with Gasteiger partial charge in [-0.2, -0.15) is 0 Å². The standard InChI is InChI=1S/C28H38ClFO/c1-2-3-4-5-6-7-8-9-10-11-12-13-14-18-27(31)26-17-15-16-25(28(26)29)23-19-21-24(30)22-20-23/h15-17,19-22H,2-14,18H2,1H3. The second kappa shape index (κ2) is 15.2. The smallest absolute Gasteiger partial charge is 0.164 e. The third-order valence-corrected chi connectivity index (χ3v) is 6.37. The van der Waals surface area contributed by atoms with E-state index in [9.17, 15) is 9.18 Å². The Morgan fingerprint density at radius 2 is 1.26 bits per heavy atom. The Morgan fingerprint density at radius 1 is 0.742 bits per heavy atom. The fourth-order valence-corrected chi connectivity index (χ4v) is 4.38. The summed E-state index contributed by atoms with van der Waals surface area (Å²) >= 11 is 6.52. The van der Waals surface area contributed by atoms with E-state index in [1.165, 1.54) is 82.8 Å². The van der Waals surface area contributed by atoms with Crippen molar-refractivity contribution >= 4 is 17.4 Å². The summed E-state index contributed by atoms with van der Waals surface area (Å²) in [6.45, 7) is 2.26. The maximum atomic E-state index is 13.2. The zero-order chi connectivity index (χ0) is 22.3. The third-order valence-electron chi connectivity index (χ3n) is 5.96. The fraction of sp³-hybridized carbons (Fsp3) is 0.536. The van der Waals surface area contributed by atoms with Crippen LogP contribution in [0, 0.1) is 5.82 Å². The van der Waals surface area contributed by atoms with Crippen LogP contribution in [0.4, 0.5) is 4.39 Å². The van der Waals surface area contributed by atoms with Gasteiger partial charge in [-0.05, 0) is 30.2 Å². The van der Waals surface area contributed by atoms with Crippen molar-refractivity contribution < 1.29 is 9.18 Å². The number of Topliss-reactive ketones (excluding diaryl/α,β-unsaturated/α-hetero) is 1. The van der Waals surface area contributed by atoms with Gasteiger partial charge in [0.2, 0.25) is 0 Å². The number of halogens is 2. The van der Waals surface area contributed by atoms with E-state index in [0.29, 0.717) is 17.0 Å². The van der Waals surface area contributed by atoms with Gasteiger partial charge in [0.25, 0.3) is 0 Å². The molecule has 1 nitrogen and oxygen atoms in total. The SMILES string of the molecule is CCCCCCCCCCCCCCCC(=O)c1cccc(-c2ccc(F)cc2)c1Cl. The summed E-state index contributed by atoms with van der Waals surface area (Å²) in [5, 5.41) is 0.466. The topological polar surface area (TPSA) is 17.1 Å². The van der Waals surface area contributed by atoms with Gasteiger partial charge in [0.05, 0.1) is 5.02 Å². The molecule has 0 amide bonds. The van der Waals surface area contributed by atoms with Crippen molar-refractivity contribution in [2.24, 2.45) is 0 Å². The van der Waals surface area contributed by atoms with E-state index in [1.807, 2.05) is 12.1 Å². The number of carbonyl (C=O) groups excluding carboxylic acids is 1. The predicted molar refractivity (Wildman–Crippen MR) is 131 cm³/mol. The molecule has 170 valence electrons. The van der Waals surface area contributed by atoms with Gasteiger partial charge in [-0.15, -0.1) is 0 Å². The first-order chi connectivity index (χ1) is 15.1. The Bertz CT molecular complexity index is 769. The number of carbonyl (C=O) groups is 1. The molecule has 0 atom stereocenters. The van der Waals surface area contributed by atoms with Gasteiger partial charge in [0.15, 0.2) is 5.78 Å². The van der Waals surface area contributed by atoms with E-state index in [1.54, 1.807) is 18.2 Å². The van der Waals surface area contributed by atoms with E-state index in [0.717, 1.165) is 24.0 Å². The number of rotatable bonds is 16. The van der Waals surface area contributed by atoms with E-state index >= 15 is 0 Å². The van der Waals surface area contributed by atoms with Gasteiger partial charge >= 0.3 is 0 Å². The van der Waals surface area contributed by atoms with Gasteiger partial charge in [-0.25, -0.2) is 4.39 Å². The molecule has 0 saturated heterocycles. The van der Waals surface area contributed by atoms with Crippen LogP contribution >= 0.6 is 11.6 Å². The minimum Gasteiger partial charge on any atom is -0.294 e. The molecule has 0 saturated carbocycles. The van der Waals surface area contributed by atoms with Crippen LogP contribution in [-0.2, 0) is 0 Å². The summed E-state index contributed by atoms with van der Waals surface area (Å²) in [4.78, 5) is 12.7. The van der Waals surface area contributed by atoms with E-state index in [-0.39, 0.29) is 11.6 Å². The molecule has 2 rings (SSSR count). The molecule has 3 heteroatoms. The molecule has 0 bridgehead atoms. The molecule has 0 aliphatic rings. The lowest BCUT2D eigenvalue weighted by molar-refractivity contribution is 0.0979. The van der Waals surface area contributed by atoms with Crippen LogP contribution in [0.1, 0.15) is 107 Å². The van der Waals surface area contributed by atoms with Crippen LogP contribution in [0.25, 0.3) is 11.1 Å². The molecule has 0 heterocycles. The molecular formula is C28H38ClFO. The Kier molecular flexibility index (Phi) is 12.5. The number of hydrogen-bond acceptors (Lipinski definition) is 1. The average Bonchev–Trinajstić information content (AvgIpc) is 2.77. The number of benzene rings is 2. The molecule has 0 aromatic heterocycles. The molecule has 2 aromatic carbocycles. The van der Waals surface area contributed by atoms with Crippen LogP contribution in [0.3, 0.4) is 0 Å². The number of unbranched alkanes of at least 4 members (excludes halogenated alkanes) is 12. The maximum Gasteiger partial charge on any atom is 0.164 e. The Balaban J connectivity index is 1.62. The highest BCUT2D eigenvalue weighted by Crippen LogP contribution is 2.31. The lowest BCUT2D eigenvalue weighted by atomic mass is 9.98. The summed E-state index contributed by atoms with van der Waals surface area (Å²) in [6, 6.07) is 11.7. The van der Waals surface area contributed by atoms with Crippen molar-refractivity contribution in [1.82, 2.24) is 0 Å². The second-order valence-corrected chi connectivity index (χ2v) is 8.97. The van der Waals surface area contributed by atoms with Crippen molar-refractivity contribution in [1.29, 1.82) is 0 Å². The third kappa shape index (κ3) is 9.56. The molecule has 2 aromatic rings. The first-order valence-corrected chi connectivity index (χ1v) is 12.6. The minimum absolute atomic E-state index is 0.0945. The van der Waals surface area contributed by atoms with Crippen molar-refractivity contribution in [3.05, 3.63) is 58.9 Å². The summed E-state index contributed by atoms with van der Waals surface area (Å²) < 4.78 is 13.2. The van der Waals surface area contributed by atoms with Crippen molar-refractivity contribution in [2.75, 3.05) is 0 Å². The Morgan fingerprint density at radius 3 is 1.81 bits per heavy atom. The highest BCUT2D eigenvalue weighted by molar-refractivity contribution is 6.36. The highest BCUT2D eigenvalue weighted by atomic mass is 35.5. The lowest BCUT2D eigenvalue weighted by Crippen LogP contribution is -2.01. The first-order valence-electron chi connectivity index (χ1n) is 12.2. The maximum absolute atomic E-state index is 13.2. The molecule has 0 unspecified atom stereocenters. The van der Waals surface area contributed by atoms with Gasteiger partial charge in [-0.3, -0.25) is 4.79 Å². The van der Waals surface area contributed by atoms with Crippen molar-refractivity contribution in [3.8, 4) is 11.1 Å². The monoisotopic (exact) mass is 444 g/mol. The van der Waals surface area contributed by atoms with Gasteiger partial charge in [0.1, 0.15) is 5.82 Å². The zero-order valence-electron chi connectivity index (χ0n) is 19.1. The van der Waals surface area contributed by atoms with E-state index < -0.39 is 0 Å². The zero-order valence-corrected chi connectivity index (χ0v) is 19.9. The minimum atomic E-state index is -0.283. The number of hydrogen-bond donors (Lipinski definition) is 0. The molecule has 0 aliphatic heterocycles. The molecular weight excluding hydrogens is 407 g/mol. The largest absolute Gasteiger partial charge is 0.294 e. The molecule has 0 N–H and O–H groups in total. The van der Waals surface area contributed by atoms with Gasteiger partial charge < -0.3 is 0 Å². The molecule has 0 fully saturated rings. The normalized spacial score (nSPS) is 11.1. The molecule has 31 heavy (non-hydrogen) atoms. The Hall–Kier alpha value is -1.67. The number of ketones is 1. The summed E-state index contributed by atoms with van der Waals surface area (Å²) in [6.07, 6.45) is 17.3. The molecule has 0 radical (unpaired) electrons. The summed E-state index contributed by atoms with van der Waals surface area (Å²) in [5.41, 5.74) is 2.17. The predicted octanol–water partition coefficient (Wildman–Crippen LogP) is 9.81. The van der Waals surface area contributed by atoms with Crippen molar-refractivity contribution in [3.63, 3.8) is 0 Å². The molecule has 0 spiro atoms. The Labute approximate surface area is 193 Å². The second-order valence-electron chi connectivity index (χ2n) is 8.59. The van der Waals surface area contributed by atoms with E-state index in [4.69, 9.17) is 11.6 Å². The van der Waals surface area contributed by atoms with Crippen molar-refractivity contribution in [2.45, 2.75) is 96.8 Å². The highest BCUT2D eigenvalue weighted by Gasteiger charge is 2.14. The van der Waals surface area contributed by atoms with E-state index in [2.05, 4.69) is 6.92 Å². The lowest BCUT2D eigenvalue weighted by Gasteiger charge is -2.09. The average molecular weight is 445 g/mol. The van der Waals surface area contributed by atoms with Gasteiger partial charge in [-0.1, -0.05) is 120 Å². The van der Waals surface area contributed by atoms with Crippen LogP contribution in [0.2, 0.25) is 5.02 Å². The first kappa shape index (κ1) is 25.6. The summed E-state index contributed by atoms with van der Waals surface area (Å²) in [7, 11) is 0. The fourth-order valence-electron chi connectivity index (χ4n) is 4.04. The summed E-state index contributed by atoms with van der Waals surface area (Å²) in [5.74, 6) is -0.188.